The number of halogens is 2. The number of aryl methyl sites for hydroxylation is 1. The van der Waals surface area contributed by atoms with Gasteiger partial charge in [0, 0.05) is 18.1 Å². The zero-order chi connectivity index (χ0) is 27.2. The molecule has 0 radical (unpaired) electrons. The zero-order valence-electron chi connectivity index (χ0n) is 20.8. The minimum Gasteiger partial charge on any atom is -0.355 e. The number of rotatable bonds is 10. The Balaban J connectivity index is 2.05. The predicted molar refractivity (Wildman–Crippen MR) is 147 cm³/mol. The van der Waals surface area contributed by atoms with Gasteiger partial charge in [-0.2, -0.15) is 0 Å². The third-order valence-electron chi connectivity index (χ3n) is 5.83. The summed E-state index contributed by atoms with van der Waals surface area (Å²) >= 11 is 12.7. The molecule has 0 aliphatic heterocycles. The number of para-hydroxylation sites is 1. The van der Waals surface area contributed by atoms with Gasteiger partial charge >= 0.3 is 0 Å². The Hall–Kier alpha value is -3.07. The number of nitrogens with zero attached hydrogens (tertiary/aromatic N) is 2. The molecular weight excluding hydrogens is 533 g/mol. The van der Waals surface area contributed by atoms with Crippen LogP contribution in [0.5, 0.6) is 0 Å². The number of likely N-dealkylation sites (N-methyl/N-ethyl adjacent to an activating group) is 1. The number of nitrogens with one attached hydrogen (secondary N) is 1. The molecule has 7 nitrogen and oxygen atoms in total. The van der Waals surface area contributed by atoms with Crippen LogP contribution in [-0.2, 0) is 26.2 Å². The maximum Gasteiger partial charge on any atom is 0.264 e. The fourth-order valence-electron chi connectivity index (χ4n) is 3.72. The third-order valence-corrected chi connectivity index (χ3v) is 8.29. The molecule has 0 fully saturated rings. The Morgan fingerprint density at radius 2 is 1.51 bits per heavy atom. The molecule has 0 aromatic heterocycles. The summed E-state index contributed by atoms with van der Waals surface area (Å²) in [6.07, 6.45) is 0. The summed E-state index contributed by atoms with van der Waals surface area (Å²) in [5.74, 6) is -0.956. The van der Waals surface area contributed by atoms with Crippen molar-refractivity contribution in [1.29, 1.82) is 0 Å². The van der Waals surface area contributed by atoms with E-state index in [-0.39, 0.29) is 28.1 Å². The molecule has 2 amide bonds. The number of hydrogen-bond donors (Lipinski definition) is 1. The van der Waals surface area contributed by atoms with Crippen LogP contribution in [-0.4, -0.2) is 44.3 Å². The molecule has 1 atom stereocenters. The molecule has 0 saturated heterocycles. The van der Waals surface area contributed by atoms with Crippen LogP contribution in [0, 0.1) is 6.92 Å². The summed E-state index contributed by atoms with van der Waals surface area (Å²) in [6.45, 7) is 5.03. The van der Waals surface area contributed by atoms with E-state index in [0.29, 0.717) is 17.1 Å². The average molecular weight is 563 g/mol. The van der Waals surface area contributed by atoms with Crippen LogP contribution in [0.2, 0.25) is 10.0 Å². The average Bonchev–Trinajstić information content (AvgIpc) is 2.87. The zero-order valence-corrected chi connectivity index (χ0v) is 23.1. The van der Waals surface area contributed by atoms with Gasteiger partial charge in [0.1, 0.15) is 12.6 Å². The van der Waals surface area contributed by atoms with E-state index in [4.69, 9.17) is 23.2 Å². The fourth-order valence-corrected chi connectivity index (χ4v) is 5.64. The van der Waals surface area contributed by atoms with Crippen LogP contribution < -0.4 is 9.62 Å². The van der Waals surface area contributed by atoms with Crippen molar-refractivity contribution in [3.8, 4) is 0 Å². The number of carbonyl (C=O) groups excluding carboxylic acids is 2. The Morgan fingerprint density at radius 1 is 0.919 bits per heavy atom. The lowest BCUT2D eigenvalue weighted by Gasteiger charge is -2.32. The van der Waals surface area contributed by atoms with Crippen LogP contribution in [0.3, 0.4) is 0 Å². The largest absolute Gasteiger partial charge is 0.355 e. The van der Waals surface area contributed by atoms with Crippen LogP contribution in [0.1, 0.15) is 25.0 Å². The van der Waals surface area contributed by atoms with Gasteiger partial charge in [-0.25, -0.2) is 8.42 Å². The summed E-state index contributed by atoms with van der Waals surface area (Å²) in [4.78, 5) is 27.9. The number of hydrogen-bond acceptors (Lipinski definition) is 4. The molecular formula is C27H29Cl2N3O4S. The summed E-state index contributed by atoms with van der Waals surface area (Å²) < 4.78 is 28.5. The van der Waals surface area contributed by atoms with Gasteiger partial charge < -0.3 is 10.2 Å². The van der Waals surface area contributed by atoms with E-state index in [1.807, 2.05) is 6.92 Å². The van der Waals surface area contributed by atoms with Crippen molar-refractivity contribution in [2.75, 3.05) is 17.4 Å². The third kappa shape index (κ3) is 6.83. The van der Waals surface area contributed by atoms with E-state index in [0.717, 1.165) is 9.87 Å². The van der Waals surface area contributed by atoms with Gasteiger partial charge in [-0.05, 0) is 56.7 Å². The quantitative estimate of drug-likeness (QED) is 0.375. The van der Waals surface area contributed by atoms with E-state index < -0.39 is 28.5 Å². The highest BCUT2D eigenvalue weighted by Gasteiger charge is 2.33. The predicted octanol–water partition coefficient (Wildman–Crippen LogP) is 5.05. The van der Waals surface area contributed by atoms with E-state index in [2.05, 4.69) is 5.32 Å². The topological polar surface area (TPSA) is 86.8 Å². The Morgan fingerprint density at radius 3 is 2.11 bits per heavy atom. The maximum atomic E-state index is 13.8. The van der Waals surface area contributed by atoms with Crippen LogP contribution >= 0.6 is 23.2 Å². The SMILES string of the molecule is CCNC(=O)[C@H](C)N(Cc1ccccc1Cl)C(=O)CN(c1ccccc1Cl)S(=O)(=O)c1ccc(C)cc1. The lowest BCUT2D eigenvalue weighted by atomic mass is 10.1. The first-order valence-electron chi connectivity index (χ1n) is 11.7. The highest BCUT2D eigenvalue weighted by molar-refractivity contribution is 7.92. The number of benzene rings is 3. The lowest BCUT2D eigenvalue weighted by Crippen LogP contribution is -2.51. The molecule has 10 heteroatoms. The van der Waals surface area contributed by atoms with Crippen LogP contribution in [0.25, 0.3) is 0 Å². The second-order valence-corrected chi connectivity index (χ2v) is 11.1. The highest BCUT2D eigenvalue weighted by Crippen LogP contribution is 2.31. The second-order valence-electron chi connectivity index (χ2n) is 8.46. The molecule has 196 valence electrons. The van der Waals surface area contributed by atoms with Crippen molar-refractivity contribution in [1.82, 2.24) is 10.2 Å². The maximum absolute atomic E-state index is 13.8. The van der Waals surface area contributed by atoms with Gasteiger partial charge in [0.25, 0.3) is 10.0 Å². The molecule has 3 rings (SSSR count). The first kappa shape index (κ1) is 28.5. The molecule has 37 heavy (non-hydrogen) atoms. The minimum atomic E-state index is -4.18. The lowest BCUT2D eigenvalue weighted by molar-refractivity contribution is -0.139. The number of amides is 2. The monoisotopic (exact) mass is 561 g/mol. The molecule has 3 aromatic rings. The van der Waals surface area contributed by atoms with E-state index in [9.17, 15) is 18.0 Å². The van der Waals surface area contributed by atoms with Crippen molar-refractivity contribution in [2.24, 2.45) is 0 Å². The van der Waals surface area contributed by atoms with Crippen molar-refractivity contribution in [3.05, 3.63) is 94.0 Å². The van der Waals surface area contributed by atoms with E-state index in [1.165, 1.54) is 23.1 Å². The second kappa shape index (κ2) is 12.4. The number of anilines is 1. The smallest absolute Gasteiger partial charge is 0.264 e. The van der Waals surface area contributed by atoms with E-state index in [1.54, 1.807) is 68.4 Å². The fraction of sp³-hybridized carbons (Fsp3) is 0.259. The number of carbonyl (C=O) groups is 2. The Labute approximate surface area is 228 Å². The molecule has 0 bridgehead atoms. The highest BCUT2D eigenvalue weighted by atomic mass is 35.5. The van der Waals surface area contributed by atoms with Gasteiger partial charge in [-0.1, -0.05) is 71.2 Å². The molecule has 1 N–H and O–H groups in total. The molecule has 0 aliphatic rings. The van der Waals surface area contributed by atoms with Gasteiger partial charge in [-0.15, -0.1) is 0 Å². The van der Waals surface area contributed by atoms with Crippen molar-refractivity contribution >= 4 is 50.7 Å². The summed E-state index contributed by atoms with van der Waals surface area (Å²) in [5.41, 5.74) is 1.67. The van der Waals surface area contributed by atoms with Gasteiger partial charge in [-0.3, -0.25) is 13.9 Å². The normalized spacial score (nSPS) is 12.0. The molecule has 0 spiro atoms. The Kier molecular flexibility index (Phi) is 9.59. The molecule has 0 heterocycles. The van der Waals surface area contributed by atoms with Crippen molar-refractivity contribution < 1.29 is 18.0 Å². The summed E-state index contributed by atoms with van der Waals surface area (Å²) in [6, 6.07) is 18.8. The molecule has 0 aliphatic carbocycles. The van der Waals surface area contributed by atoms with Gasteiger partial charge in [0.05, 0.1) is 15.6 Å². The van der Waals surface area contributed by atoms with Gasteiger partial charge in [0.2, 0.25) is 11.8 Å². The van der Waals surface area contributed by atoms with Crippen LogP contribution in [0.4, 0.5) is 5.69 Å². The molecule has 3 aromatic carbocycles. The first-order valence-corrected chi connectivity index (χ1v) is 13.9. The van der Waals surface area contributed by atoms with E-state index >= 15 is 0 Å². The standard InChI is InChI=1S/C27H29Cl2N3O4S/c1-4-30-27(34)20(3)31(17-21-9-5-6-10-23(21)28)26(33)18-32(25-12-8-7-11-24(25)29)37(35,36)22-15-13-19(2)14-16-22/h5-16,20H,4,17-18H2,1-3H3,(H,30,34)/t20-/m0/s1. The summed E-state index contributed by atoms with van der Waals surface area (Å²) in [7, 11) is -4.18. The van der Waals surface area contributed by atoms with Gasteiger partial charge in [0.15, 0.2) is 0 Å². The first-order chi connectivity index (χ1) is 17.6. The Bertz CT molecular complexity index is 1360. The van der Waals surface area contributed by atoms with Crippen molar-refractivity contribution in [2.45, 2.75) is 38.3 Å². The molecule has 0 saturated carbocycles. The summed E-state index contributed by atoms with van der Waals surface area (Å²) in [5, 5.41) is 3.31. The number of sulfonamides is 1. The minimum absolute atomic E-state index is 0.0117. The molecule has 0 unspecified atom stereocenters. The van der Waals surface area contributed by atoms with Crippen LogP contribution in [0.15, 0.2) is 77.7 Å². The van der Waals surface area contributed by atoms with Crippen molar-refractivity contribution in [3.63, 3.8) is 0 Å².